The molecule has 0 aromatic carbocycles. The second-order valence-electron chi connectivity index (χ2n) is 5.17. The molecule has 0 radical (unpaired) electrons. The lowest BCUT2D eigenvalue weighted by Gasteiger charge is -2.30. The Kier molecular flexibility index (Phi) is 2.72. The topological polar surface area (TPSA) is 38.0 Å². The maximum absolute atomic E-state index is 10.1. The summed E-state index contributed by atoms with van der Waals surface area (Å²) in [7, 11) is 0. The third-order valence-electron chi connectivity index (χ3n) is 4.11. The van der Waals surface area contributed by atoms with E-state index in [-0.39, 0.29) is 6.10 Å². The van der Waals surface area contributed by atoms with E-state index < -0.39 is 0 Å². The molecule has 3 heteroatoms. The predicted molar refractivity (Wildman–Crippen MR) is 62.4 cm³/mol. The monoisotopic (exact) mass is 220 g/mol. The zero-order valence-electron chi connectivity index (χ0n) is 9.73. The average molecular weight is 220 g/mol. The molecule has 2 unspecified atom stereocenters. The van der Waals surface area contributed by atoms with Crippen molar-refractivity contribution in [2.75, 3.05) is 0 Å². The fourth-order valence-corrected chi connectivity index (χ4v) is 3.19. The van der Waals surface area contributed by atoms with Crippen LogP contribution in [0.15, 0.2) is 6.33 Å². The van der Waals surface area contributed by atoms with Crippen molar-refractivity contribution in [3.8, 4) is 0 Å². The van der Waals surface area contributed by atoms with Crippen molar-refractivity contribution >= 4 is 0 Å². The summed E-state index contributed by atoms with van der Waals surface area (Å²) in [4.78, 5) is 4.52. The highest BCUT2D eigenvalue weighted by atomic mass is 16.3. The third-order valence-corrected chi connectivity index (χ3v) is 4.11. The molecule has 1 fully saturated rings. The van der Waals surface area contributed by atoms with Gasteiger partial charge in [-0.3, -0.25) is 0 Å². The fourth-order valence-electron chi connectivity index (χ4n) is 3.19. The van der Waals surface area contributed by atoms with Gasteiger partial charge in [0.1, 0.15) is 0 Å². The minimum atomic E-state index is -0.158. The number of hydrogen-bond donors (Lipinski definition) is 1. The van der Waals surface area contributed by atoms with E-state index in [0.717, 1.165) is 25.7 Å². The Morgan fingerprint density at radius 2 is 1.94 bits per heavy atom. The van der Waals surface area contributed by atoms with E-state index in [1.165, 1.54) is 37.1 Å². The van der Waals surface area contributed by atoms with Crippen LogP contribution < -0.4 is 0 Å². The van der Waals surface area contributed by atoms with Gasteiger partial charge in [-0.2, -0.15) is 0 Å². The molecular weight excluding hydrogens is 200 g/mol. The first-order valence-corrected chi connectivity index (χ1v) is 6.59. The summed E-state index contributed by atoms with van der Waals surface area (Å²) in [5.41, 5.74) is 2.68. The largest absolute Gasteiger partial charge is 0.391 e. The van der Waals surface area contributed by atoms with Crippen LogP contribution in [0.2, 0.25) is 0 Å². The molecule has 1 aromatic heterocycles. The van der Waals surface area contributed by atoms with Crippen molar-refractivity contribution in [3.63, 3.8) is 0 Å². The molecule has 2 aliphatic carbocycles. The molecule has 1 heterocycles. The molecule has 1 N–H and O–H groups in total. The van der Waals surface area contributed by atoms with Gasteiger partial charge >= 0.3 is 0 Å². The normalized spacial score (nSPS) is 30.1. The van der Waals surface area contributed by atoms with Crippen LogP contribution in [0.1, 0.15) is 56.0 Å². The molecule has 16 heavy (non-hydrogen) atoms. The number of fused-ring (bicyclic) bond motifs is 1. The van der Waals surface area contributed by atoms with Crippen LogP contribution in [0.5, 0.6) is 0 Å². The van der Waals surface area contributed by atoms with Crippen LogP contribution in [0.25, 0.3) is 0 Å². The van der Waals surface area contributed by atoms with Crippen LogP contribution in [0, 0.1) is 0 Å². The number of rotatable bonds is 1. The second-order valence-corrected chi connectivity index (χ2v) is 5.17. The van der Waals surface area contributed by atoms with Crippen molar-refractivity contribution in [3.05, 3.63) is 17.7 Å². The van der Waals surface area contributed by atoms with Gasteiger partial charge in [-0.1, -0.05) is 12.8 Å². The van der Waals surface area contributed by atoms with Gasteiger partial charge in [0, 0.05) is 5.69 Å². The van der Waals surface area contributed by atoms with Crippen LogP contribution in [-0.2, 0) is 12.8 Å². The Balaban J connectivity index is 1.90. The summed E-state index contributed by atoms with van der Waals surface area (Å²) < 4.78 is 2.28. The van der Waals surface area contributed by atoms with Gasteiger partial charge in [0.25, 0.3) is 0 Å². The molecule has 88 valence electrons. The van der Waals surface area contributed by atoms with Crippen molar-refractivity contribution in [1.82, 2.24) is 9.55 Å². The predicted octanol–water partition coefficient (Wildman–Crippen LogP) is 2.24. The number of aromatic nitrogens is 2. The van der Waals surface area contributed by atoms with Gasteiger partial charge in [0.15, 0.2) is 0 Å². The van der Waals surface area contributed by atoms with E-state index >= 15 is 0 Å². The van der Waals surface area contributed by atoms with Crippen LogP contribution in [0.3, 0.4) is 0 Å². The van der Waals surface area contributed by atoms with Gasteiger partial charge in [-0.25, -0.2) is 4.98 Å². The summed E-state index contributed by atoms with van der Waals surface area (Å²) in [6, 6.07) is 0.295. The molecule has 0 bridgehead atoms. The third kappa shape index (κ3) is 1.67. The summed E-state index contributed by atoms with van der Waals surface area (Å²) >= 11 is 0. The molecule has 0 aliphatic heterocycles. The molecule has 1 saturated carbocycles. The fraction of sp³-hybridized carbons (Fsp3) is 0.769. The lowest BCUT2D eigenvalue weighted by atomic mass is 9.91. The van der Waals surface area contributed by atoms with Crippen LogP contribution in [0.4, 0.5) is 0 Å². The molecule has 1 aromatic rings. The van der Waals surface area contributed by atoms with Gasteiger partial charge in [-0.05, 0) is 38.5 Å². The van der Waals surface area contributed by atoms with E-state index in [1.54, 1.807) is 0 Å². The molecule has 0 spiro atoms. The molecule has 0 saturated heterocycles. The smallest absolute Gasteiger partial charge is 0.0955 e. The number of hydrogen-bond acceptors (Lipinski definition) is 2. The molecule has 0 amide bonds. The number of aliphatic hydroxyl groups is 1. The standard InChI is InChI=1S/C13H20N2O/c16-13-8-4-3-7-12(13)15-9-14-10-5-1-2-6-11(10)15/h9,12-13,16H,1-8H2. The molecule has 3 rings (SSSR count). The number of aryl methyl sites for hydroxylation is 1. The summed E-state index contributed by atoms with van der Waals surface area (Å²) in [5, 5.41) is 10.1. The van der Waals surface area contributed by atoms with E-state index in [9.17, 15) is 5.11 Å². The first-order chi connectivity index (χ1) is 7.86. The minimum absolute atomic E-state index is 0.158. The minimum Gasteiger partial charge on any atom is -0.391 e. The first kappa shape index (κ1) is 10.3. The maximum Gasteiger partial charge on any atom is 0.0955 e. The zero-order valence-corrected chi connectivity index (χ0v) is 9.73. The Labute approximate surface area is 96.5 Å². The van der Waals surface area contributed by atoms with Gasteiger partial charge in [0.05, 0.1) is 24.2 Å². The Hall–Kier alpha value is -0.830. The summed E-state index contributed by atoms with van der Waals surface area (Å²) in [6.45, 7) is 0. The van der Waals surface area contributed by atoms with E-state index in [1.807, 2.05) is 6.33 Å². The maximum atomic E-state index is 10.1. The average Bonchev–Trinajstić information content (AvgIpc) is 2.74. The lowest BCUT2D eigenvalue weighted by molar-refractivity contribution is 0.0739. The second kappa shape index (κ2) is 4.21. The van der Waals surface area contributed by atoms with Gasteiger partial charge < -0.3 is 9.67 Å². The van der Waals surface area contributed by atoms with Gasteiger partial charge in [-0.15, -0.1) is 0 Å². The number of aliphatic hydroxyl groups excluding tert-OH is 1. The molecular formula is C13H20N2O. The highest BCUT2D eigenvalue weighted by Crippen LogP contribution is 2.32. The highest BCUT2D eigenvalue weighted by molar-refractivity contribution is 5.17. The van der Waals surface area contributed by atoms with Crippen molar-refractivity contribution in [1.29, 1.82) is 0 Å². The van der Waals surface area contributed by atoms with E-state index in [4.69, 9.17) is 0 Å². The first-order valence-electron chi connectivity index (χ1n) is 6.59. The van der Waals surface area contributed by atoms with Crippen molar-refractivity contribution in [2.24, 2.45) is 0 Å². The molecule has 2 aliphatic rings. The summed E-state index contributed by atoms with van der Waals surface area (Å²) in [6.07, 6.45) is 11.1. The lowest BCUT2D eigenvalue weighted by Crippen LogP contribution is -2.28. The highest BCUT2D eigenvalue weighted by Gasteiger charge is 2.27. The quantitative estimate of drug-likeness (QED) is 0.788. The van der Waals surface area contributed by atoms with E-state index in [2.05, 4.69) is 9.55 Å². The molecule has 2 atom stereocenters. The Bertz CT molecular complexity index is 372. The van der Waals surface area contributed by atoms with Crippen molar-refractivity contribution < 1.29 is 5.11 Å². The van der Waals surface area contributed by atoms with E-state index in [0.29, 0.717) is 6.04 Å². The Morgan fingerprint density at radius 1 is 1.12 bits per heavy atom. The zero-order chi connectivity index (χ0) is 11.0. The van der Waals surface area contributed by atoms with Crippen LogP contribution in [-0.4, -0.2) is 20.8 Å². The SMILES string of the molecule is OC1CCCCC1n1cnc2c1CCCC2. The molecule has 3 nitrogen and oxygen atoms in total. The summed E-state index contributed by atoms with van der Waals surface area (Å²) in [5.74, 6) is 0. The number of imidazole rings is 1. The van der Waals surface area contributed by atoms with Crippen LogP contribution >= 0.6 is 0 Å². The van der Waals surface area contributed by atoms with Gasteiger partial charge in [0.2, 0.25) is 0 Å². The number of nitrogens with zero attached hydrogens (tertiary/aromatic N) is 2. The van der Waals surface area contributed by atoms with Crippen molar-refractivity contribution in [2.45, 2.75) is 63.5 Å². The Morgan fingerprint density at radius 3 is 2.81 bits per heavy atom.